The number of benzene rings is 2. The molecule has 2 heteroatoms. The van der Waals surface area contributed by atoms with E-state index >= 15 is 0 Å². The van der Waals surface area contributed by atoms with Crippen molar-refractivity contribution in [3.63, 3.8) is 0 Å². The molecule has 14 heavy (non-hydrogen) atoms. The second-order valence-corrected chi connectivity index (χ2v) is 4.60. The molecular formula is C12H8NSi. The highest BCUT2D eigenvalue weighted by Crippen LogP contribution is 2.07. The van der Waals surface area contributed by atoms with E-state index in [4.69, 9.17) is 0 Å². The van der Waals surface area contributed by atoms with Gasteiger partial charge in [0.25, 0.3) is 0 Å². The van der Waals surface area contributed by atoms with Gasteiger partial charge >= 0.3 is 0 Å². The van der Waals surface area contributed by atoms with Gasteiger partial charge in [-0.2, -0.15) is 0 Å². The molecule has 0 N–H and O–H groups in total. The molecule has 0 aromatic heterocycles. The molecule has 1 aliphatic heterocycles. The van der Waals surface area contributed by atoms with Crippen LogP contribution in [0.25, 0.3) is 0 Å². The molecule has 0 bridgehead atoms. The van der Waals surface area contributed by atoms with Gasteiger partial charge in [-0.1, -0.05) is 36.4 Å². The molecule has 0 saturated carbocycles. The van der Waals surface area contributed by atoms with Crippen molar-refractivity contribution in [3.8, 4) is 0 Å². The zero-order valence-corrected chi connectivity index (χ0v) is 8.57. The maximum Gasteiger partial charge on any atom is 0.0744 e. The van der Waals surface area contributed by atoms with Gasteiger partial charge in [0, 0.05) is 0 Å². The third-order valence-electron chi connectivity index (χ3n) is 2.32. The lowest BCUT2D eigenvalue weighted by atomic mass is 10.3. The zero-order chi connectivity index (χ0) is 9.38. The summed E-state index contributed by atoms with van der Waals surface area (Å²) in [6.45, 7) is 0. The van der Waals surface area contributed by atoms with Gasteiger partial charge in [0.2, 0.25) is 0 Å². The Labute approximate surface area is 84.2 Å². The maximum absolute atomic E-state index is 4.62. The molecule has 2 aromatic carbocycles. The number of hydrogen-bond acceptors (Lipinski definition) is 1. The minimum atomic E-state index is 0.750. The summed E-state index contributed by atoms with van der Waals surface area (Å²) in [5.74, 6) is 0. The molecule has 0 aliphatic carbocycles. The lowest BCUT2D eigenvalue weighted by Gasteiger charge is -2.04. The standard InChI is InChI=1S/C12H8NSi/c1-3-7-11-9(5-1)13-10-6-2-4-8-12(10)14-11/h1-8H. The first-order chi connectivity index (χ1) is 6.93. The predicted molar refractivity (Wildman–Crippen MR) is 57.9 cm³/mol. The topological polar surface area (TPSA) is 12.4 Å². The van der Waals surface area contributed by atoms with Crippen molar-refractivity contribution < 1.29 is 0 Å². The minimum absolute atomic E-state index is 0.750. The Morgan fingerprint density at radius 2 is 1.64 bits per heavy atom. The number of fused-ring (bicyclic) bond motifs is 2. The Morgan fingerprint density at radius 1 is 0.857 bits per heavy atom. The normalized spacial score (nSPS) is 12.0. The van der Waals surface area contributed by atoms with Crippen molar-refractivity contribution in [2.45, 2.75) is 0 Å². The minimum Gasteiger partial charge on any atom is -0.249 e. The van der Waals surface area contributed by atoms with Gasteiger partial charge in [0.1, 0.15) is 0 Å². The Bertz CT molecular complexity index is 548. The van der Waals surface area contributed by atoms with E-state index < -0.39 is 0 Å². The summed E-state index contributed by atoms with van der Waals surface area (Å²) < 4.78 is 0. The third kappa shape index (κ3) is 1.15. The Hall–Kier alpha value is -1.54. The second kappa shape index (κ2) is 2.99. The number of para-hydroxylation sites is 2. The van der Waals surface area contributed by atoms with E-state index in [2.05, 4.69) is 41.4 Å². The zero-order valence-electron chi connectivity index (χ0n) is 7.57. The number of rotatable bonds is 0. The van der Waals surface area contributed by atoms with Crippen LogP contribution in [0, 0.1) is 4.81 Å². The van der Waals surface area contributed by atoms with E-state index in [1.807, 2.05) is 12.1 Å². The Balaban J connectivity index is 2.42. The fourth-order valence-corrected chi connectivity index (χ4v) is 2.81. The summed E-state index contributed by atoms with van der Waals surface area (Å²) in [7, 11) is 0.750. The molecule has 0 amide bonds. The van der Waals surface area contributed by atoms with Crippen LogP contribution in [-0.4, -0.2) is 9.13 Å². The second-order valence-electron chi connectivity index (χ2n) is 3.27. The van der Waals surface area contributed by atoms with Gasteiger partial charge in [-0.15, -0.1) is 0 Å². The largest absolute Gasteiger partial charge is 0.249 e. The van der Waals surface area contributed by atoms with Crippen molar-refractivity contribution >= 4 is 20.0 Å². The molecule has 1 nitrogen and oxygen atoms in total. The van der Waals surface area contributed by atoms with Crippen LogP contribution in [-0.2, 0) is 0 Å². The molecule has 1 aliphatic rings. The number of hydrogen-bond donors (Lipinski definition) is 0. The molecule has 1 radical (unpaired) electrons. The maximum atomic E-state index is 4.62. The van der Waals surface area contributed by atoms with E-state index in [1.54, 1.807) is 0 Å². The van der Waals surface area contributed by atoms with Gasteiger partial charge in [-0.25, -0.2) is 4.99 Å². The Morgan fingerprint density at radius 3 is 2.64 bits per heavy atom. The first-order valence-corrected chi connectivity index (χ1v) is 5.60. The van der Waals surface area contributed by atoms with E-state index in [9.17, 15) is 0 Å². The predicted octanol–water partition coefficient (Wildman–Crippen LogP) is 1.23. The summed E-state index contributed by atoms with van der Waals surface area (Å²) in [5, 5.41) is 2.48. The van der Waals surface area contributed by atoms with E-state index in [0.717, 1.165) is 20.2 Å². The molecule has 65 valence electrons. The molecule has 0 spiro atoms. The molecule has 0 saturated heterocycles. The van der Waals surface area contributed by atoms with Gasteiger partial charge < -0.3 is 0 Å². The summed E-state index contributed by atoms with van der Waals surface area (Å²) >= 11 is 0. The van der Waals surface area contributed by atoms with Crippen LogP contribution in [0.15, 0.2) is 53.5 Å². The lowest BCUT2D eigenvalue weighted by Crippen LogP contribution is -2.19. The van der Waals surface area contributed by atoms with Gasteiger partial charge in [-0.05, 0) is 22.1 Å². The van der Waals surface area contributed by atoms with Crippen LogP contribution in [0.2, 0.25) is 0 Å². The average Bonchev–Trinajstić information content (AvgIpc) is 2.26. The average molecular weight is 194 g/mol. The van der Waals surface area contributed by atoms with Crippen molar-refractivity contribution in [2.24, 2.45) is 4.99 Å². The molecular weight excluding hydrogens is 186 g/mol. The van der Waals surface area contributed by atoms with E-state index in [1.165, 1.54) is 10.0 Å². The highest BCUT2D eigenvalue weighted by molar-refractivity contribution is 6.48. The summed E-state index contributed by atoms with van der Waals surface area (Å²) in [4.78, 5) is 5.97. The van der Waals surface area contributed by atoms with Gasteiger partial charge in [0.05, 0.1) is 20.2 Å². The van der Waals surface area contributed by atoms with Crippen LogP contribution < -0.4 is 10.5 Å². The molecule has 0 fully saturated rings. The van der Waals surface area contributed by atoms with Crippen LogP contribution in [0.1, 0.15) is 0 Å². The van der Waals surface area contributed by atoms with Gasteiger partial charge in [-0.3, -0.25) is 0 Å². The molecule has 1 heterocycles. The smallest absolute Gasteiger partial charge is 0.0744 e. The van der Waals surface area contributed by atoms with E-state index in [0.29, 0.717) is 0 Å². The first-order valence-electron chi connectivity index (χ1n) is 4.60. The fraction of sp³-hybridized carbons (Fsp3) is 0. The summed E-state index contributed by atoms with van der Waals surface area (Å²) in [6.07, 6.45) is 0. The molecule has 2 aromatic rings. The van der Waals surface area contributed by atoms with Crippen LogP contribution >= 0.6 is 0 Å². The fourth-order valence-electron chi connectivity index (χ4n) is 1.63. The SMILES string of the molecule is c1ccc2c(c1)N=c1ccccc1=[Si]2. The molecule has 3 rings (SSSR count). The quantitative estimate of drug-likeness (QED) is 0.477. The molecule has 0 atom stereocenters. The van der Waals surface area contributed by atoms with Crippen molar-refractivity contribution in [1.29, 1.82) is 0 Å². The van der Waals surface area contributed by atoms with Crippen molar-refractivity contribution in [1.82, 2.24) is 0 Å². The summed E-state index contributed by atoms with van der Waals surface area (Å²) in [5.41, 5.74) is 1.13. The third-order valence-corrected chi connectivity index (χ3v) is 3.70. The monoisotopic (exact) mass is 194 g/mol. The van der Waals surface area contributed by atoms with Crippen LogP contribution in [0.4, 0.5) is 5.69 Å². The van der Waals surface area contributed by atoms with Crippen molar-refractivity contribution in [2.75, 3.05) is 0 Å². The number of nitrogens with zero attached hydrogens (tertiary/aromatic N) is 1. The van der Waals surface area contributed by atoms with Crippen LogP contribution in [0.5, 0.6) is 0 Å². The van der Waals surface area contributed by atoms with E-state index in [-0.39, 0.29) is 0 Å². The highest BCUT2D eigenvalue weighted by Gasteiger charge is 2.01. The summed E-state index contributed by atoms with van der Waals surface area (Å²) in [6, 6.07) is 16.7. The molecule has 0 unspecified atom stereocenters. The highest BCUT2D eigenvalue weighted by atomic mass is 28.2. The first kappa shape index (κ1) is 7.82. The van der Waals surface area contributed by atoms with Crippen molar-refractivity contribution in [3.05, 3.63) is 58.7 Å². The van der Waals surface area contributed by atoms with Crippen LogP contribution in [0.3, 0.4) is 0 Å². The lowest BCUT2D eigenvalue weighted by molar-refractivity contribution is 1.32. The van der Waals surface area contributed by atoms with Gasteiger partial charge in [0.15, 0.2) is 0 Å². The Kier molecular flexibility index (Phi) is 1.67.